The number of hydrogen-bond acceptors (Lipinski definition) is 4. The first-order valence-corrected chi connectivity index (χ1v) is 9.98. The lowest BCUT2D eigenvalue weighted by Crippen LogP contribution is -2.46. The summed E-state index contributed by atoms with van der Waals surface area (Å²) in [5.74, 6) is 1.13. The van der Waals surface area contributed by atoms with Gasteiger partial charge in [0.2, 0.25) is 0 Å². The standard InChI is InChI=1S/C21H25N5O2S/c1-3-4-11-22-21(29)26-25-20(27)15-6-8-16(9-7-15)28-13-19-23-17-10-5-14(2)12-18(17)24-19/h5-10,12H,3-4,11,13H2,1-2H3,(H,23,24)(H,25,27)(H2,22,26,29). The van der Waals surface area contributed by atoms with Gasteiger partial charge in [0.05, 0.1) is 11.0 Å². The molecule has 1 amide bonds. The molecule has 0 unspecified atom stereocenters. The molecule has 0 atom stereocenters. The molecule has 152 valence electrons. The van der Waals surface area contributed by atoms with Crippen LogP contribution < -0.4 is 20.9 Å². The Kier molecular flexibility index (Phi) is 7.02. The zero-order valence-corrected chi connectivity index (χ0v) is 17.4. The first-order valence-electron chi connectivity index (χ1n) is 9.57. The number of benzene rings is 2. The molecule has 29 heavy (non-hydrogen) atoms. The number of fused-ring (bicyclic) bond motifs is 1. The fourth-order valence-electron chi connectivity index (χ4n) is 2.71. The largest absolute Gasteiger partial charge is 0.486 e. The molecule has 8 heteroatoms. The first-order chi connectivity index (χ1) is 14.0. The van der Waals surface area contributed by atoms with Crippen molar-refractivity contribution in [3.63, 3.8) is 0 Å². The molecule has 0 spiro atoms. The zero-order valence-electron chi connectivity index (χ0n) is 16.5. The van der Waals surface area contributed by atoms with E-state index >= 15 is 0 Å². The van der Waals surface area contributed by atoms with Crippen molar-refractivity contribution in [3.8, 4) is 5.75 Å². The number of imidazole rings is 1. The monoisotopic (exact) mass is 411 g/mol. The van der Waals surface area contributed by atoms with E-state index in [2.05, 4.69) is 39.1 Å². The molecule has 1 heterocycles. The van der Waals surface area contributed by atoms with Crippen LogP contribution >= 0.6 is 12.2 Å². The normalized spacial score (nSPS) is 10.6. The Morgan fingerprint density at radius 3 is 2.72 bits per heavy atom. The molecular formula is C21H25N5O2S. The maximum atomic E-state index is 12.2. The topological polar surface area (TPSA) is 91.1 Å². The second-order valence-corrected chi connectivity index (χ2v) is 7.11. The number of H-pyrrole nitrogens is 1. The molecule has 0 bridgehead atoms. The Morgan fingerprint density at radius 2 is 1.97 bits per heavy atom. The number of amides is 1. The summed E-state index contributed by atoms with van der Waals surface area (Å²) < 4.78 is 5.77. The van der Waals surface area contributed by atoms with Gasteiger partial charge in [-0.2, -0.15) is 0 Å². The number of nitrogens with zero attached hydrogens (tertiary/aromatic N) is 1. The summed E-state index contributed by atoms with van der Waals surface area (Å²) in [5, 5.41) is 3.42. The summed E-state index contributed by atoms with van der Waals surface area (Å²) in [6, 6.07) is 13.0. The Morgan fingerprint density at radius 1 is 1.17 bits per heavy atom. The van der Waals surface area contributed by atoms with E-state index in [9.17, 15) is 4.79 Å². The Hall–Kier alpha value is -3.13. The average Bonchev–Trinajstić information content (AvgIpc) is 3.13. The second-order valence-electron chi connectivity index (χ2n) is 6.71. The number of ether oxygens (including phenoxy) is 1. The Labute approximate surface area is 175 Å². The summed E-state index contributed by atoms with van der Waals surface area (Å²) in [6.45, 7) is 5.23. The SMILES string of the molecule is CCCCNC(=S)NNC(=O)c1ccc(OCc2nc3ccc(C)cc3[nH]2)cc1. The highest BCUT2D eigenvalue weighted by molar-refractivity contribution is 7.80. The number of unbranched alkanes of at least 4 members (excludes halogenated alkanes) is 1. The van der Waals surface area contributed by atoms with Crippen LogP contribution in [0.3, 0.4) is 0 Å². The fraction of sp³-hybridized carbons (Fsp3) is 0.286. The summed E-state index contributed by atoms with van der Waals surface area (Å²) in [7, 11) is 0. The molecule has 0 aliphatic rings. The molecule has 0 aliphatic carbocycles. The first kappa shape index (κ1) is 20.6. The molecule has 4 N–H and O–H groups in total. The van der Waals surface area contributed by atoms with Gasteiger partial charge in [-0.05, 0) is 67.5 Å². The predicted molar refractivity (Wildman–Crippen MR) is 118 cm³/mol. The van der Waals surface area contributed by atoms with Crippen LogP contribution in [0.15, 0.2) is 42.5 Å². The van der Waals surface area contributed by atoms with Crippen LogP contribution in [0.25, 0.3) is 11.0 Å². The number of thiocarbonyl (C=S) groups is 1. The quantitative estimate of drug-likeness (QED) is 0.271. The van der Waals surface area contributed by atoms with Gasteiger partial charge in [0.15, 0.2) is 5.11 Å². The molecular weight excluding hydrogens is 386 g/mol. The molecule has 0 saturated heterocycles. The molecule has 3 rings (SSSR count). The van der Waals surface area contributed by atoms with Crippen LogP contribution in [0.4, 0.5) is 0 Å². The lowest BCUT2D eigenvalue weighted by atomic mass is 10.2. The minimum atomic E-state index is -0.274. The Balaban J connectivity index is 1.48. The molecule has 0 radical (unpaired) electrons. The van der Waals surface area contributed by atoms with E-state index in [1.807, 2.05) is 19.1 Å². The fourth-order valence-corrected chi connectivity index (χ4v) is 2.86. The van der Waals surface area contributed by atoms with Gasteiger partial charge in [-0.15, -0.1) is 0 Å². The molecule has 0 saturated carbocycles. The lowest BCUT2D eigenvalue weighted by Gasteiger charge is -2.11. The van der Waals surface area contributed by atoms with Crippen molar-refractivity contribution in [1.82, 2.24) is 26.1 Å². The molecule has 3 aromatic rings. The number of nitrogens with one attached hydrogen (secondary N) is 4. The van der Waals surface area contributed by atoms with Crippen molar-refractivity contribution < 1.29 is 9.53 Å². The van der Waals surface area contributed by atoms with Crippen molar-refractivity contribution in [2.75, 3.05) is 6.54 Å². The van der Waals surface area contributed by atoms with Gasteiger partial charge in [0.1, 0.15) is 18.2 Å². The minimum Gasteiger partial charge on any atom is -0.486 e. The van der Waals surface area contributed by atoms with E-state index in [1.54, 1.807) is 24.3 Å². The third kappa shape index (κ3) is 5.92. The van der Waals surface area contributed by atoms with Gasteiger partial charge in [-0.25, -0.2) is 4.98 Å². The molecule has 0 aliphatic heterocycles. The van der Waals surface area contributed by atoms with Crippen LogP contribution in [0.5, 0.6) is 5.75 Å². The van der Waals surface area contributed by atoms with Crippen LogP contribution in [-0.2, 0) is 6.61 Å². The van der Waals surface area contributed by atoms with Crippen molar-refractivity contribution in [3.05, 3.63) is 59.4 Å². The van der Waals surface area contributed by atoms with E-state index in [4.69, 9.17) is 17.0 Å². The van der Waals surface area contributed by atoms with Crippen LogP contribution in [0.1, 0.15) is 41.5 Å². The van der Waals surface area contributed by atoms with Crippen LogP contribution in [0.2, 0.25) is 0 Å². The van der Waals surface area contributed by atoms with Gasteiger partial charge in [0, 0.05) is 12.1 Å². The third-order valence-electron chi connectivity index (χ3n) is 4.28. The third-order valence-corrected chi connectivity index (χ3v) is 4.53. The van der Waals surface area contributed by atoms with Crippen molar-refractivity contribution in [2.24, 2.45) is 0 Å². The van der Waals surface area contributed by atoms with Crippen LogP contribution in [-0.4, -0.2) is 27.5 Å². The minimum absolute atomic E-state index is 0.274. The summed E-state index contributed by atoms with van der Waals surface area (Å²) >= 11 is 5.10. The highest BCUT2D eigenvalue weighted by atomic mass is 32.1. The average molecular weight is 412 g/mol. The Bertz CT molecular complexity index is 984. The van der Waals surface area contributed by atoms with Gasteiger partial charge in [-0.3, -0.25) is 15.6 Å². The number of carbonyl (C=O) groups excluding carboxylic acids is 1. The van der Waals surface area contributed by atoms with Gasteiger partial charge >= 0.3 is 0 Å². The smallest absolute Gasteiger partial charge is 0.269 e. The zero-order chi connectivity index (χ0) is 20.6. The number of aryl methyl sites for hydroxylation is 1. The van der Waals surface area contributed by atoms with Crippen molar-refractivity contribution >= 4 is 34.3 Å². The summed E-state index contributed by atoms with van der Waals surface area (Å²) in [6.07, 6.45) is 2.09. The lowest BCUT2D eigenvalue weighted by molar-refractivity contribution is 0.0943. The number of aromatic nitrogens is 2. The number of hydrogen-bond donors (Lipinski definition) is 4. The van der Waals surface area contributed by atoms with Crippen LogP contribution in [0, 0.1) is 6.92 Å². The van der Waals surface area contributed by atoms with Crippen molar-refractivity contribution in [1.29, 1.82) is 0 Å². The molecule has 2 aromatic carbocycles. The van der Waals surface area contributed by atoms with E-state index < -0.39 is 0 Å². The second kappa shape index (κ2) is 9.88. The number of aromatic amines is 1. The van der Waals surface area contributed by atoms with Gasteiger partial charge in [0.25, 0.3) is 5.91 Å². The van der Waals surface area contributed by atoms with Crippen molar-refractivity contribution in [2.45, 2.75) is 33.3 Å². The summed E-state index contributed by atoms with van der Waals surface area (Å²) in [5.41, 5.74) is 8.85. The van der Waals surface area contributed by atoms with E-state index in [0.717, 1.165) is 36.2 Å². The number of hydrazine groups is 1. The van der Waals surface area contributed by atoms with E-state index in [0.29, 0.717) is 23.0 Å². The highest BCUT2D eigenvalue weighted by Crippen LogP contribution is 2.16. The number of rotatable bonds is 7. The van der Waals surface area contributed by atoms with Gasteiger partial charge < -0.3 is 15.0 Å². The summed E-state index contributed by atoms with van der Waals surface area (Å²) in [4.78, 5) is 19.9. The van der Waals surface area contributed by atoms with E-state index in [1.165, 1.54) is 5.56 Å². The number of carbonyl (C=O) groups is 1. The highest BCUT2D eigenvalue weighted by Gasteiger charge is 2.07. The predicted octanol–water partition coefficient (Wildman–Crippen LogP) is 3.36. The maximum Gasteiger partial charge on any atom is 0.269 e. The molecule has 0 fully saturated rings. The van der Waals surface area contributed by atoms with Gasteiger partial charge in [-0.1, -0.05) is 19.4 Å². The molecule has 7 nitrogen and oxygen atoms in total. The molecule has 1 aromatic heterocycles. The maximum absolute atomic E-state index is 12.2. The van der Waals surface area contributed by atoms with E-state index in [-0.39, 0.29) is 5.91 Å².